The molecule has 0 saturated carbocycles. The highest BCUT2D eigenvalue weighted by molar-refractivity contribution is 6.02. The van der Waals surface area contributed by atoms with Crippen LogP contribution < -0.4 is 10.6 Å². The highest BCUT2D eigenvalue weighted by Gasteiger charge is 2.28. The van der Waals surface area contributed by atoms with Gasteiger partial charge in [0.05, 0.1) is 11.3 Å². The maximum absolute atomic E-state index is 13.6. The zero-order chi connectivity index (χ0) is 14.0. The maximum atomic E-state index is 13.6. The lowest BCUT2D eigenvalue weighted by Gasteiger charge is -2.23. The summed E-state index contributed by atoms with van der Waals surface area (Å²) in [6.45, 7) is 0. The van der Waals surface area contributed by atoms with E-state index in [1.54, 1.807) is 0 Å². The molecule has 1 aromatic rings. The van der Waals surface area contributed by atoms with E-state index in [-0.39, 0.29) is 24.1 Å². The Hall–Kier alpha value is -2.44. The van der Waals surface area contributed by atoms with E-state index in [0.717, 1.165) is 6.07 Å². The number of halogens is 1. The fourth-order valence-electron chi connectivity index (χ4n) is 1.85. The first-order valence-electron chi connectivity index (χ1n) is 5.61. The second kappa shape index (κ2) is 5.05. The van der Waals surface area contributed by atoms with E-state index in [2.05, 4.69) is 10.6 Å². The number of rotatable bonds is 3. The van der Waals surface area contributed by atoms with Crippen molar-refractivity contribution < 1.29 is 23.9 Å². The number of hydrogen-bond donors (Lipinski definition) is 3. The Labute approximate surface area is 107 Å². The van der Waals surface area contributed by atoms with Gasteiger partial charge in [-0.3, -0.25) is 14.9 Å². The fourth-order valence-corrected chi connectivity index (χ4v) is 1.85. The standard InChI is InChI=1S/C12H11FN2O4/c13-7-3-1-2-6(12(18)19)10(7)14-8-4-5-9(16)15-11(8)17/h1-3,8,14H,4-5H2,(H,18,19)(H,15,16,17). The summed E-state index contributed by atoms with van der Waals surface area (Å²) in [5.41, 5.74) is -0.505. The van der Waals surface area contributed by atoms with Crippen molar-refractivity contribution in [2.24, 2.45) is 0 Å². The van der Waals surface area contributed by atoms with Crippen LogP contribution in [0.25, 0.3) is 0 Å². The zero-order valence-corrected chi connectivity index (χ0v) is 9.77. The molecule has 0 bridgehead atoms. The monoisotopic (exact) mass is 266 g/mol. The highest BCUT2D eigenvalue weighted by Crippen LogP contribution is 2.22. The predicted molar refractivity (Wildman–Crippen MR) is 63.2 cm³/mol. The third-order valence-corrected chi connectivity index (χ3v) is 2.80. The number of imide groups is 1. The van der Waals surface area contributed by atoms with Crippen LogP contribution in [0, 0.1) is 5.82 Å². The minimum absolute atomic E-state index is 0.125. The molecule has 1 aliphatic rings. The molecule has 0 aromatic heterocycles. The summed E-state index contributed by atoms with van der Waals surface area (Å²) in [5, 5.41) is 13.6. The molecule has 1 fully saturated rings. The van der Waals surface area contributed by atoms with Crippen LogP contribution in [0.4, 0.5) is 10.1 Å². The molecule has 2 amide bonds. The molecule has 1 unspecified atom stereocenters. The van der Waals surface area contributed by atoms with Crippen LogP contribution in [-0.2, 0) is 9.59 Å². The third kappa shape index (κ3) is 2.70. The number of nitrogens with one attached hydrogen (secondary N) is 2. The van der Waals surface area contributed by atoms with Crippen molar-refractivity contribution >= 4 is 23.5 Å². The van der Waals surface area contributed by atoms with Crippen molar-refractivity contribution in [3.63, 3.8) is 0 Å². The predicted octanol–water partition coefficient (Wildman–Crippen LogP) is 0.741. The minimum Gasteiger partial charge on any atom is -0.478 e. The smallest absolute Gasteiger partial charge is 0.337 e. The van der Waals surface area contributed by atoms with Gasteiger partial charge in [-0.2, -0.15) is 0 Å². The summed E-state index contributed by atoms with van der Waals surface area (Å²) in [4.78, 5) is 33.5. The topological polar surface area (TPSA) is 95.5 Å². The molecule has 1 atom stereocenters. The number of carbonyl (C=O) groups excluding carboxylic acids is 2. The summed E-state index contributed by atoms with van der Waals surface area (Å²) < 4.78 is 13.6. The van der Waals surface area contributed by atoms with Crippen molar-refractivity contribution in [1.29, 1.82) is 0 Å². The summed E-state index contributed by atoms with van der Waals surface area (Å²) in [7, 11) is 0. The summed E-state index contributed by atoms with van der Waals surface area (Å²) in [6.07, 6.45) is 0.318. The van der Waals surface area contributed by atoms with Gasteiger partial charge in [0, 0.05) is 6.42 Å². The molecule has 1 aromatic carbocycles. The Morgan fingerprint density at radius 1 is 1.42 bits per heavy atom. The third-order valence-electron chi connectivity index (χ3n) is 2.80. The van der Waals surface area contributed by atoms with Gasteiger partial charge in [-0.1, -0.05) is 6.07 Å². The van der Waals surface area contributed by atoms with Crippen LogP contribution in [-0.4, -0.2) is 28.9 Å². The Balaban J connectivity index is 2.26. The van der Waals surface area contributed by atoms with Gasteiger partial charge in [0.1, 0.15) is 11.9 Å². The van der Waals surface area contributed by atoms with Crippen LogP contribution in [0.5, 0.6) is 0 Å². The number of amides is 2. The van der Waals surface area contributed by atoms with Crippen molar-refractivity contribution in [2.75, 3.05) is 5.32 Å². The number of piperidine rings is 1. The molecule has 0 aliphatic carbocycles. The Kier molecular flexibility index (Phi) is 3.46. The SMILES string of the molecule is O=C1CCC(Nc2c(F)cccc2C(=O)O)C(=O)N1. The summed E-state index contributed by atoms with van der Waals surface area (Å²) >= 11 is 0. The summed E-state index contributed by atoms with van der Waals surface area (Å²) in [6, 6.07) is 2.78. The molecule has 2 rings (SSSR count). The largest absolute Gasteiger partial charge is 0.478 e. The van der Waals surface area contributed by atoms with Crippen molar-refractivity contribution in [3.05, 3.63) is 29.6 Å². The Morgan fingerprint density at radius 3 is 2.79 bits per heavy atom. The molecular formula is C12H11FN2O4. The molecule has 1 heterocycles. The van der Waals surface area contributed by atoms with E-state index in [1.807, 2.05) is 0 Å². The van der Waals surface area contributed by atoms with Gasteiger partial charge in [0.15, 0.2) is 0 Å². The van der Waals surface area contributed by atoms with E-state index < -0.39 is 29.6 Å². The number of carboxylic acid groups (broad SMARTS) is 1. The number of carboxylic acids is 1. The van der Waals surface area contributed by atoms with Gasteiger partial charge in [-0.25, -0.2) is 9.18 Å². The van der Waals surface area contributed by atoms with Gasteiger partial charge in [0.2, 0.25) is 11.8 Å². The van der Waals surface area contributed by atoms with E-state index in [9.17, 15) is 18.8 Å². The van der Waals surface area contributed by atoms with Crippen molar-refractivity contribution in [3.8, 4) is 0 Å². The molecule has 1 aliphatic heterocycles. The number of para-hydroxylation sites is 1. The number of anilines is 1. The van der Waals surface area contributed by atoms with Crippen LogP contribution in [0.1, 0.15) is 23.2 Å². The Morgan fingerprint density at radius 2 is 2.16 bits per heavy atom. The average Bonchev–Trinajstić information content (AvgIpc) is 2.34. The van der Waals surface area contributed by atoms with Gasteiger partial charge < -0.3 is 10.4 Å². The van der Waals surface area contributed by atoms with Crippen molar-refractivity contribution in [1.82, 2.24) is 5.32 Å². The van der Waals surface area contributed by atoms with E-state index in [4.69, 9.17) is 5.11 Å². The number of aromatic carboxylic acids is 1. The average molecular weight is 266 g/mol. The molecule has 0 radical (unpaired) electrons. The lowest BCUT2D eigenvalue weighted by Crippen LogP contribution is -2.47. The molecule has 1 saturated heterocycles. The van der Waals surface area contributed by atoms with E-state index >= 15 is 0 Å². The first kappa shape index (κ1) is 13.0. The van der Waals surface area contributed by atoms with E-state index in [1.165, 1.54) is 12.1 Å². The quantitative estimate of drug-likeness (QED) is 0.701. The summed E-state index contributed by atoms with van der Waals surface area (Å²) in [5.74, 6) is -3.04. The lowest BCUT2D eigenvalue weighted by molar-refractivity contribution is -0.133. The second-order valence-electron chi connectivity index (χ2n) is 4.12. The fraction of sp³-hybridized carbons (Fsp3) is 0.250. The maximum Gasteiger partial charge on any atom is 0.337 e. The van der Waals surface area contributed by atoms with Crippen LogP contribution >= 0.6 is 0 Å². The lowest BCUT2D eigenvalue weighted by atomic mass is 10.0. The second-order valence-corrected chi connectivity index (χ2v) is 4.12. The number of benzene rings is 1. The van der Waals surface area contributed by atoms with Crippen molar-refractivity contribution in [2.45, 2.75) is 18.9 Å². The van der Waals surface area contributed by atoms with Gasteiger partial charge >= 0.3 is 5.97 Å². The molecular weight excluding hydrogens is 255 g/mol. The van der Waals surface area contributed by atoms with Crippen LogP contribution in [0.15, 0.2) is 18.2 Å². The molecule has 0 spiro atoms. The van der Waals surface area contributed by atoms with Gasteiger partial charge in [0.25, 0.3) is 0 Å². The zero-order valence-electron chi connectivity index (χ0n) is 9.77. The van der Waals surface area contributed by atoms with Crippen LogP contribution in [0.2, 0.25) is 0 Å². The van der Waals surface area contributed by atoms with Gasteiger partial charge in [-0.05, 0) is 18.6 Å². The van der Waals surface area contributed by atoms with E-state index in [0.29, 0.717) is 0 Å². The molecule has 100 valence electrons. The first-order chi connectivity index (χ1) is 8.99. The molecule has 6 nitrogen and oxygen atoms in total. The number of hydrogen-bond acceptors (Lipinski definition) is 4. The number of carbonyl (C=O) groups is 3. The first-order valence-corrected chi connectivity index (χ1v) is 5.61. The van der Waals surface area contributed by atoms with Crippen LogP contribution in [0.3, 0.4) is 0 Å². The molecule has 7 heteroatoms. The normalized spacial score (nSPS) is 18.9. The minimum atomic E-state index is -1.30. The van der Waals surface area contributed by atoms with Gasteiger partial charge in [-0.15, -0.1) is 0 Å². The molecule has 19 heavy (non-hydrogen) atoms. The Bertz CT molecular complexity index is 559. The highest BCUT2D eigenvalue weighted by atomic mass is 19.1. The molecule has 3 N–H and O–H groups in total.